The Morgan fingerprint density at radius 3 is 2.24 bits per heavy atom. The molecule has 0 amide bonds. The first-order valence-electron chi connectivity index (χ1n) is 6.62. The van der Waals surface area contributed by atoms with E-state index in [2.05, 4.69) is 33.1 Å². The van der Waals surface area contributed by atoms with Gasteiger partial charge in [-0.2, -0.15) is 0 Å². The van der Waals surface area contributed by atoms with Gasteiger partial charge in [-0.25, -0.2) is 0 Å². The first-order valence-corrected chi connectivity index (χ1v) is 12.9. The minimum Gasteiger partial charge on any atom is -0.465 e. The molecule has 1 rings (SSSR count). The van der Waals surface area contributed by atoms with Crippen LogP contribution >= 0.6 is 0 Å². The number of hydrogen-bond donors (Lipinski definition) is 0. The fraction of sp³-hybridized carbons (Fsp3) is 0.917. The molecule has 0 aromatic heterocycles. The van der Waals surface area contributed by atoms with Crippen molar-refractivity contribution in [2.75, 3.05) is 6.61 Å². The lowest BCUT2D eigenvalue weighted by Crippen LogP contribution is -2.52. The van der Waals surface area contributed by atoms with Gasteiger partial charge in [0.15, 0.2) is 16.6 Å². The van der Waals surface area contributed by atoms with E-state index in [0.717, 1.165) is 24.9 Å². The molecule has 1 heterocycles. The summed E-state index contributed by atoms with van der Waals surface area (Å²) < 4.78 is 11.6. The molecule has 100 valence electrons. The third kappa shape index (κ3) is 4.93. The van der Waals surface area contributed by atoms with E-state index in [0.29, 0.717) is 6.61 Å². The molecule has 0 unspecified atom stereocenters. The summed E-state index contributed by atoms with van der Waals surface area (Å²) >= 11 is 0. The molecule has 1 aliphatic rings. The van der Waals surface area contributed by atoms with Gasteiger partial charge in [0.25, 0.3) is 0 Å². The average Bonchev–Trinajstić information content (AvgIpc) is 2.13. The molecule has 0 N–H and O–H groups in total. The van der Waals surface area contributed by atoms with Crippen LogP contribution in [0.25, 0.3) is 0 Å². The van der Waals surface area contributed by atoms with Gasteiger partial charge in [0.05, 0.1) is 12.5 Å². The van der Waals surface area contributed by atoms with E-state index in [4.69, 9.17) is 8.85 Å². The average molecular weight is 275 g/mol. The zero-order valence-electron chi connectivity index (χ0n) is 11.8. The molecule has 1 fully saturated rings. The summed E-state index contributed by atoms with van der Waals surface area (Å²) in [5.74, 6) is 0.117. The molecule has 0 aliphatic carbocycles. The first-order chi connectivity index (χ1) is 7.76. The van der Waals surface area contributed by atoms with Gasteiger partial charge in [-0.1, -0.05) is 13.3 Å². The van der Waals surface area contributed by atoms with Crippen molar-refractivity contribution in [2.45, 2.75) is 58.0 Å². The lowest BCUT2D eigenvalue weighted by molar-refractivity contribution is -0.147. The van der Waals surface area contributed by atoms with Crippen LogP contribution in [0.15, 0.2) is 0 Å². The maximum atomic E-state index is 12.0. The Labute approximate surface area is 107 Å². The van der Waals surface area contributed by atoms with Gasteiger partial charge in [0.1, 0.15) is 0 Å². The standard InChI is InChI=1S/C12H26O3Si2/c1-6-7-8-14-12(13)11-9-16(2,3)15-17(4,5)10-11/h11H,6-10H2,1-5H3. The molecule has 3 nitrogen and oxygen atoms in total. The highest BCUT2D eigenvalue weighted by atomic mass is 28.4. The van der Waals surface area contributed by atoms with Crippen LogP contribution in [-0.4, -0.2) is 29.2 Å². The Morgan fingerprint density at radius 2 is 1.76 bits per heavy atom. The second kappa shape index (κ2) is 5.67. The van der Waals surface area contributed by atoms with Crippen LogP contribution in [0.3, 0.4) is 0 Å². The Morgan fingerprint density at radius 1 is 1.24 bits per heavy atom. The minimum atomic E-state index is -1.64. The minimum absolute atomic E-state index is 0.0166. The van der Waals surface area contributed by atoms with E-state index in [1.807, 2.05) is 0 Å². The number of carbonyl (C=O) groups excluding carboxylic acids is 1. The summed E-state index contributed by atoms with van der Waals surface area (Å²) in [6, 6.07) is 1.85. The SMILES string of the molecule is CCCCOC(=O)C1C[Si](C)(C)O[Si](C)(C)C1. The van der Waals surface area contributed by atoms with E-state index in [1.165, 1.54) is 0 Å². The molecule has 0 bridgehead atoms. The van der Waals surface area contributed by atoms with Crippen molar-refractivity contribution in [1.82, 2.24) is 0 Å². The summed E-state index contributed by atoms with van der Waals surface area (Å²) in [7, 11) is -3.28. The van der Waals surface area contributed by atoms with Gasteiger partial charge >= 0.3 is 5.97 Å². The summed E-state index contributed by atoms with van der Waals surface area (Å²) in [6.45, 7) is 11.5. The molecule has 0 aromatic carbocycles. The topological polar surface area (TPSA) is 35.5 Å². The molecule has 0 saturated carbocycles. The normalized spacial score (nSPS) is 23.4. The van der Waals surface area contributed by atoms with Crippen LogP contribution < -0.4 is 0 Å². The Bertz CT molecular complexity index is 261. The van der Waals surface area contributed by atoms with E-state index in [1.54, 1.807) is 0 Å². The molecule has 0 spiro atoms. The summed E-state index contributed by atoms with van der Waals surface area (Å²) in [6.07, 6.45) is 2.04. The quantitative estimate of drug-likeness (QED) is 0.448. The molecule has 1 aliphatic heterocycles. The second-order valence-corrected chi connectivity index (χ2v) is 14.9. The van der Waals surface area contributed by atoms with Crippen molar-refractivity contribution in [2.24, 2.45) is 5.92 Å². The van der Waals surface area contributed by atoms with E-state index in [9.17, 15) is 4.79 Å². The zero-order chi connectivity index (χ0) is 13.1. The predicted molar refractivity (Wildman–Crippen MR) is 75.0 cm³/mol. The van der Waals surface area contributed by atoms with Gasteiger partial charge in [-0.15, -0.1) is 0 Å². The summed E-state index contributed by atoms with van der Waals surface area (Å²) in [4.78, 5) is 12.0. The van der Waals surface area contributed by atoms with E-state index < -0.39 is 16.6 Å². The van der Waals surface area contributed by atoms with E-state index >= 15 is 0 Å². The van der Waals surface area contributed by atoms with Crippen molar-refractivity contribution < 1.29 is 13.6 Å². The van der Waals surface area contributed by atoms with Crippen LogP contribution in [0.1, 0.15) is 19.8 Å². The number of unbranched alkanes of at least 4 members (excludes halogenated alkanes) is 1. The van der Waals surface area contributed by atoms with E-state index in [-0.39, 0.29) is 11.9 Å². The Hall–Kier alpha value is -0.136. The predicted octanol–water partition coefficient (Wildman–Crippen LogP) is 3.39. The Kier molecular flexibility index (Phi) is 4.98. The van der Waals surface area contributed by atoms with Crippen LogP contribution in [0.2, 0.25) is 38.3 Å². The Balaban J connectivity index is 2.55. The monoisotopic (exact) mass is 274 g/mol. The fourth-order valence-corrected chi connectivity index (χ4v) is 12.6. The maximum Gasteiger partial charge on any atom is 0.308 e. The van der Waals surface area contributed by atoms with Crippen LogP contribution in [-0.2, 0) is 13.6 Å². The van der Waals surface area contributed by atoms with Crippen LogP contribution in [0.5, 0.6) is 0 Å². The number of hydrogen-bond acceptors (Lipinski definition) is 3. The second-order valence-electron chi connectivity index (χ2n) is 6.25. The number of ether oxygens (including phenoxy) is 1. The van der Waals surface area contributed by atoms with Crippen molar-refractivity contribution in [3.63, 3.8) is 0 Å². The lowest BCUT2D eigenvalue weighted by Gasteiger charge is -2.42. The zero-order valence-corrected chi connectivity index (χ0v) is 13.8. The van der Waals surface area contributed by atoms with Crippen molar-refractivity contribution in [1.29, 1.82) is 0 Å². The number of carbonyl (C=O) groups is 1. The number of esters is 1. The van der Waals surface area contributed by atoms with Gasteiger partial charge in [0, 0.05) is 0 Å². The molecule has 0 radical (unpaired) electrons. The molecular weight excluding hydrogens is 248 g/mol. The molecule has 17 heavy (non-hydrogen) atoms. The smallest absolute Gasteiger partial charge is 0.308 e. The van der Waals surface area contributed by atoms with Crippen molar-refractivity contribution >= 4 is 22.6 Å². The number of rotatable bonds is 4. The van der Waals surface area contributed by atoms with Gasteiger partial charge in [-0.05, 0) is 44.7 Å². The highest BCUT2D eigenvalue weighted by Gasteiger charge is 2.45. The van der Waals surface area contributed by atoms with Gasteiger partial charge in [0.2, 0.25) is 0 Å². The molecule has 0 aromatic rings. The lowest BCUT2D eigenvalue weighted by atomic mass is 10.2. The third-order valence-electron chi connectivity index (χ3n) is 3.10. The molecule has 0 atom stereocenters. The van der Waals surface area contributed by atoms with Crippen molar-refractivity contribution in [3.8, 4) is 0 Å². The first kappa shape index (κ1) is 14.9. The van der Waals surface area contributed by atoms with Crippen LogP contribution in [0.4, 0.5) is 0 Å². The van der Waals surface area contributed by atoms with Crippen molar-refractivity contribution in [3.05, 3.63) is 0 Å². The highest BCUT2D eigenvalue weighted by Crippen LogP contribution is 2.36. The fourth-order valence-electron chi connectivity index (χ4n) is 2.69. The highest BCUT2D eigenvalue weighted by molar-refractivity contribution is 6.86. The van der Waals surface area contributed by atoms with Gasteiger partial charge in [-0.3, -0.25) is 4.79 Å². The maximum absolute atomic E-state index is 12.0. The summed E-state index contributed by atoms with van der Waals surface area (Å²) in [5.41, 5.74) is 0. The summed E-state index contributed by atoms with van der Waals surface area (Å²) in [5, 5.41) is 0. The molecular formula is C12H26O3Si2. The largest absolute Gasteiger partial charge is 0.465 e. The molecule has 5 heteroatoms. The van der Waals surface area contributed by atoms with Crippen LogP contribution in [0, 0.1) is 5.92 Å². The molecule has 1 saturated heterocycles. The van der Waals surface area contributed by atoms with Gasteiger partial charge < -0.3 is 8.85 Å². The third-order valence-corrected chi connectivity index (χ3v) is 10.5.